The number of carbonyl (C=O) groups is 2. The summed E-state index contributed by atoms with van der Waals surface area (Å²) in [6.45, 7) is 3.34. The van der Waals surface area contributed by atoms with Crippen molar-refractivity contribution in [1.82, 2.24) is 19.7 Å². The number of ether oxygens (including phenoxy) is 1. The number of nitrogens with zero attached hydrogens (tertiary/aromatic N) is 4. The maximum absolute atomic E-state index is 13.2. The second-order valence-corrected chi connectivity index (χ2v) is 9.70. The van der Waals surface area contributed by atoms with Crippen molar-refractivity contribution in [2.75, 3.05) is 24.2 Å². The Kier molecular flexibility index (Phi) is 6.03. The summed E-state index contributed by atoms with van der Waals surface area (Å²) in [6, 6.07) is 1.94. The maximum Gasteiger partial charge on any atom is 0.314 e. The van der Waals surface area contributed by atoms with Crippen LogP contribution in [0.15, 0.2) is 29.2 Å². The van der Waals surface area contributed by atoms with Crippen LogP contribution in [0.3, 0.4) is 0 Å². The molecule has 174 valence electrons. The van der Waals surface area contributed by atoms with Crippen LogP contribution in [0.1, 0.15) is 56.9 Å². The van der Waals surface area contributed by atoms with Gasteiger partial charge in [0.05, 0.1) is 23.3 Å². The van der Waals surface area contributed by atoms with Crippen molar-refractivity contribution in [3.05, 3.63) is 34.8 Å². The molecule has 5 heterocycles. The molecule has 3 aromatic rings. The van der Waals surface area contributed by atoms with Crippen molar-refractivity contribution < 1.29 is 14.3 Å². The number of pyridine rings is 1. The fraction of sp³-hybridized carbons (Fsp3) is 0.478. The molecule has 3 N–H and O–H groups in total. The summed E-state index contributed by atoms with van der Waals surface area (Å²) >= 11 is 1.60. The van der Waals surface area contributed by atoms with Crippen LogP contribution < -0.4 is 11.1 Å². The quantitative estimate of drug-likeness (QED) is 0.566. The Morgan fingerprint density at radius 3 is 2.91 bits per heavy atom. The largest absolute Gasteiger partial charge is 0.383 e. The second-order valence-electron chi connectivity index (χ2n) is 8.92. The summed E-state index contributed by atoms with van der Waals surface area (Å²) in [5, 5.41) is 12.0. The number of aromatic nitrogens is 3. The molecule has 0 bridgehead atoms. The predicted molar refractivity (Wildman–Crippen MR) is 127 cm³/mol. The first-order valence-electron chi connectivity index (χ1n) is 11.4. The van der Waals surface area contributed by atoms with Crippen molar-refractivity contribution in [2.24, 2.45) is 5.92 Å². The van der Waals surface area contributed by atoms with Gasteiger partial charge in [-0.05, 0) is 60.4 Å². The molecule has 2 saturated heterocycles. The zero-order valence-corrected chi connectivity index (χ0v) is 19.4. The molecule has 3 aromatic heterocycles. The summed E-state index contributed by atoms with van der Waals surface area (Å²) in [5.74, 6) is -0.579. The molecular weight excluding hydrogens is 440 g/mol. The van der Waals surface area contributed by atoms with Crippen LogP contribution in [-0.2, 0) is 14.3 Å². The van der Waals surface area contributed by atoms with Gasteiger partial charge in [-0.25, -0.2) is 9.67 Å². The standard InChI is InChI=1S/C23H28N6O3S/c1-14-5-6-18(15-7-9-33-13-15)28(11-14)23(31)22(30)26-17-10-25-21(24)16-12-29(27-20(16)17)19-4-2-3-8-32-19/h7,9-10,12-14,18-19H,2-6,8,11H2,1H3,(H2,24,25)(H,26,30). The Bertz CT molecular complexity index is 1150. The van der Waals surface area contributed by atoms with Crippen molar-refractivity contribution in [3.8, 4) is 0 Å². The van der Waals surface area contributed by atoms with Gasteiger partial charge in [0.25, 0.3) is 0 Å². The van der Waals surface area contributed by atoms with Gasteiger partial charge in [0, 0.05) is 19.3 Å². The third-order valence-electron chi connectivity index (χ3n) is 6.50. The smallest absolute Gasteiger partial charge is 0.314 e. The van der Waals surface area contributed by atoms with Gasteiger partial charge in [-0.1, -0.05) is 6.92 Å². The Hall–Kier alpha value is -2.98. The molecule has 2 amide bonds. The van der Waals surface area contributed by atoms with Crippen LogP contribution in [0, 0.1) is 5.92 Å². The lowest BCUT2D eigenvalue weighted by Gasteiger charge is -2.38. The minimum Gasteiger partial charge on any atom is -0.383 e. The molecule has 5 rings (SSSR count). The monoisotopic (exact) mass is 468 g/mol. The van der Waals surface area contributed by atoms with Gasteiger partial charge in [0.15, 0.2) is 0 Å². The number of fused-ring (bicyclic) bond motifs is 1. The van der Waals surface area contributed by atoms with E-state index in [-0.39, 0.29) is 12.3 Å². The lowest BCUT2D eigenvalue weighted by Crippen LogP contribution is -2.46. The van der Waals surface area contributed by atoms with E-state index in [4.69, 9.17) is 10.5 Å². The number of piperidine rings is 1. The van der Waals surface area contributed by atoms with Gasteiger partial charge in [0.2, 0.25) is 0 Å². The van der Waals surface area contributed by atoms with E-state index in [2.05, 4.69) is 22.3 Å². The highest BCUT2D eigenvalue weighted by Gasteiger charge is 2.34. The van der Waals surface area contributed by atoms with Gasteiger partial charge in [0.1, 0.15) is 17.6 Å². The van der Waals surface area contributed by atoms with E-state index in [0.717, 1.165) is 37.7 Å². The number of nitrogen functional groups attached to an aromatic ring is 1. The van der Waals surface area contributed by atoms with Crippen LogP contribution in [0.4, 0.5) is 11.5 Å². The summed E-state index contributed by atoms with van der Waals surface area (Å²) in [4.78, 5) is 32.2. The third-order valence-corrected chi connectivity index (χ3v) is 7.20. The number of anilines is 2. The number of thiophene rings is 1. The van der Waals surface area contributed by atoms with E-state index in [0.29, 0.717) is 41.5 Å². The average Bonchev–Trinajstić information content (AvgIpc) is 3.52. The Balaban J connectivity index is 1.39. The molecule has 2 fully saturated rings. The number of rotatable bonds is 3. The van der Waals surface area contributed by atoms with Crippen LogP contribution in [0.25, 0.3) is 10.9 Å². The predicted octanol–water partition coefficient (Wildman–Crippen LogP) is 3.71. The van der Waals surface area contributed by atoms with Crippen molar-refractivity contribution in [1.29, 1.82) is 0 Å². The highest BCUT2D eigenvalue weighted by Crippen LogP contribution is 2.35. The number of nitrogens with two attached hydrogens (primary N) is 1. The van der Waals surface area contributed by atoms with E-state index in [1.165, 1.54) is 6.20 Å². The minimum absolute atomic E-state index is 0.0853. The van der Waals surface area contributed by atoms with Gasteiger partial charge < -0.3 is 20.7 Å². The maximum atomic E-state index is 13.2. The summed E-state index contributed by atoms with van der Waals surface area (Å²) < 4.78 is 7.56. The van der Waals surface area contributed by atoms with Gasteiger partial charge in [-0.15, -0.1) is 0 Å². The zero-order valence-electron chi connectivity index (χ0n) is 18.6. The van der Waals surface area contributed by atoms with Crippen LogP contribution in [0.5, 0.6) is 0 Å². The summed E-state index contributed by atoms with van der Waals surface area (Å²) in [7, 11) is 0. The summed E-state index contributed by atoms with van der Waals surface area (Å²) in [5.41, 5.74) is 8.01. The normalized spacial score (nSPS) is 23.5. The van der Waals surface area contributed by atoms with Crippen molar-refractivity contribution in [3.63, 3.8) is 0 Å². The van der Waals surface area contributed by atoms with E-state index in [1.54, 1.807) is 27.1 Å². The number of amides is 2. The number of likely N-dealkylation sites (tertiary alicyclic amines) is 1. The number of nitrogens with one attached hydrogen (secondary N) is 1. The highest BCUT2D eigenvalue weighted by atomic mass is 32.1. The molecule has 9 nitrogen and oxygen atoms in total. The van der Waals surface area contributed by atoms with E-state index < -0.39 is 11.8 Å². The first kappa shape index (κ1) is 21.8. The topological polar surface area (TPSA) is 115 Å². The van der Waals surface area contributed by atoms with E-state index in [1.807, 2.05) is 16.8 Å². The third kappa shape index (κ3) is 4.32. The fourth-order valence-corrected chi connectivity index (χ4v) is 5.42. The first-order valence-corrected chi connectivity index (χ1v) is 12.3. The molecule has 3 unspecified atom stereocenters. The first-order chi connectivity index (χ1) is 16.0. The summed E-state index contributed by atoms with van der Waals surface area (Å²) in [6.07, 6.45) is 7.90. The number of hydrogen-bond acceptors (Lipinski definition) is 7. The molecule has 2 aliphatic heterocycles. The Morgan fingerprint density at radius 2 is 2.15 bits per heavy atom. The average molecular weight is 469 g/mol. The zero-order chi connectivity index (χ0) is 22.9. The second kappa shape index (κ2) is 9.11. The van der Waals surface area contributed by atoms with E-state index >= 15 is 0 Å². The SMILES string of the molecule is CC1CCC(c2ccsc2)N(C(=O)C(=O)Nc2cnc(N)c3cn(C4CCCCO4)nc23)C1. The molecule has 0 spiro atoms. The molecule has 33 heavy (non-hydrogen) atoms. The van der Waals surface area contributed by atoms with Gasteiger partial charge in [-0.2, -0.15) is 16.4 Å². The molecule has 3 atom stereocenters. The number of hydrogen-bond donors (Lipinski definition) is 2. The van der Waals surface area contributed by atoms with Gasteiger partial charge >= 0.3 is 11.8 Å². The molecule has 0 radical (unpaired) electrons. The van der Waals surface area contributed by atoms with Gasteiger partial charge in [-0.3, -0.25) is 9.59 Å². The van der Waals surface area contributed by atoms with Crippen molar-refractivity contribution >= 4 is 45.6 Å². The number of carbonyl (C=O) groups excluding carboxylic acids is 2. The fourth-order valence-electron chi connectivity index (χ4n) is 4.71. The molecule has 0 aliphatic carbocycles. The Labute approximate surface area is 195 Å². The Morgan fingerprint density at radius 1 is 1.27 bits per heavy atom. The molecule has 10 heteroatoms. The van der Waals surface area contributed by atoms with Crippen molar-refractivity contribution in [2.45, 2.75) is 51.3 Å². The van der Waals surface area contributed by atoms with Crippen LogP contribution in [-0.4, -0.2) is 44.6 Å². The van der Waals surface area contributed by atoms with Crippen LogP contribution in [0.2, 0.25) is 0 Å². The molecular formula is C23H28N6O3S. The lowest BCUT2D eigenvalue weighted by molar-refractivity contribution is -0.146. The highest BCUT2D eigenvalue weighted by molar-refractivity contribution is 7.08. The minimum atomic E-state index is -0.694. The molecule has 2 aliphatic rings. The van der Waals surface area contributed by atoms with Crippen LogP contribution >= 0.6 is 11.3 Å². The molecule has 0 saturated carbocycles. The lowest BCUT2D eigenvalue weighted by atomic mass is 9.91. The van der Waals surface area contributed by atoms with E-state index in [9.17, 15) is 9.59 Å². The molecule has 0 aromatic carbocycles.